The van der Waals surface area contributed by atoms with Crippen molar-refractivity contribution in [3.05, 3.63) is 10.4 Å². The fourth-order valence-corrected chi connectivity index (χ4v) is 4.95. The molecule has 0 spiro atoms. The lowest BCUT2D eigenvalue weighted by Gasteiger charge is -2.29. The highest BCUT2D eigenvalue weighted by Gasteiger charge is 2.31. The standard InChI is InChI=1S/C16H21N3O2S2/c1-16(2)8-11-10(9-21-16)12-13(23-11)14(18-15(17-12)22-3)19-4-6-20-7-5-19/h4-9H2,1-3H3. The van der Waals surface area contributed by atoms with Crippen LogP contribution >= 0.6 is 23.1 Å². The first-order chi connectivity index (χ1) is 11.1. The number of thiophene rings is 1. The van der Waals surface area contributed by atoms with E-state index in [0.717, 1.165) is 49.2 Å². The predicted molar refractivity (Wildman–Crippen MR) is 94.8 cm³/mol. The molecule has 23 heavy (non-hydrogen) atoms. The third-order valence-electron chi connectivity index (χ3n) is 4.36. The molecule has 0 amide bonds. The molecule has 1 fully saturated rings. The molecule has 2 aliphatic heterocycles. The molecule has 4 rings (SSSR count). The first-order valence-electron chi connectivity index (χ1n) is 7.90. The van der Waals surface area contributed by atoms with Crippen molar-refractivity contribution in [2.24, 2.45) is 0 Å². The van der Waals surface area contributed by atoms with Gasteiger partial charge in [-0.05, 0) is 20.1 Å². The summed E-state index contributed by atoms with van der Waals surface area (Å²) in [5, 5.41) is 0.837. The number of morpholine rings is 1. The average molecular weight is 351 g/mol. The lowest BCUT2D eigenvalue weighted by atomic mass is 9.98. The minimum absolute atomic E-state index is 0.0945. The van der Waals surface area contributed by atoms with Gasteiger partial charge >= 0.3 is 0 Å². The van der Waals surface area contributed by atoms with Crippen LogP contribution in [-0.2, 0) is 22.5 Å². The van der Waals surface area contributed by atoms with E-state index in [9.17, 15) is 0 Å². The second-order valence-corrected chi connectivity index (χ2v) is 8.42. The number of ether oxygens (including phenoxy) is 2. The molecule has 1 saturated heterocycles. The van der Waals surface area contributed by atoms with Crippen LogP contribution in [0.5, 0.6) is 0 Å². The topological polar surface area (TPSA) is 47.5 Å². The van der Waals surface area contributed by atoms with Crippen LogP contribution in [0.4, 0.5) is 5.82 Å². The summed E-state index contributed by atoms with van der Waals surface area (Å²) in [6, 6.07) is 0. The Kier molecular flexibility index (Phi) is 3.99. The molecule has 7 heteroatoms. The van der Waals surface area contributed by atoms with Crippen molar-refractivity contribution in [3.63, 3.8) is 0 Å². The summed E-state index contributed by atoms with van der Waals surface area (Å²) >= 11 is 3.44. The Morgan fingerprint density at radius 1 is 1.22 bits per heavy atom. The van der Waals surface area contributed by atoms with E-state index in [1.54, 1.807) is 11.8 Å². The minimum Gasteiger partial charge on any atom is -0.378 e. The Balaban J connectivity index is 1.87. The summed E-state index contributed by atoms with van der Waals surface area (Å²) in [5.41, 5.74) is 2.25. The van der Waals surface area contributed by atoms with Crippen LogP contribution in [0.15, 0.2) is 5.16 Å². The number of hydrogen-bond donors (Lipinski definition) is 0. The van der Waals surface area contributed by atoms with Crippen LogP contribution in [-0.4, -0.2) is 48.1 Å². The van der Waals surface area contributed by atoms with E-state index < -0.39 is 0 Å². The van der Waals surface area contributed by atoms with Crippen molar-refractivity contribution in [1.29, 1.82) is 0 Å². The van der Waals surface area contributed by atoms with E-state index in [1.807, 2.05) is 17.6 Å². The van der Waals surface area contributed by atoms with E-state index in [-0.39, 0.29) is 5.60 Å². The molecule has 124 valence electrons. The Bertz CT molecular complexity index is 738. The number of nitrogens with zero attached hydrogens (tertiary/aromatic N) is 3. The molecule has 0 unspecified atom stereocenters. The maximum Gasteiger partial charge on any atom is 0.189 e. The van der Waals surface area contributed by atoms with Crippen molar-refractivity contribution in [2.75, 3.05) is 37.5 Å². The van der Waals surface area contributed by atoms with Gasteiger partial charge in [0.25, 0.3) is 0 Å². The largest absolute Gasteiger partial charge is 0.378 e. The van der Waals surface area contributed by atoms with Crippen molar-refractivity contribution in [2.45, 2.75) is 37.6 Å². The Morgan fingerprint density at radius 2 is 2.00 bits per heavy atom. The van der Waals surface area contributed by atoms with Gasteiger partial charge in [0.1, 0.15) is 0 Å². The van der Waals surface area contributed by atoms with E-state index in [1.165, 1.54) is 15.1 Å². The van der Waals surface area contributed by atoms with Crippen molar-refractivity contribution in [3.8, 4) is 0 Å². The van der Waals surface area contributed by atoms with Crippen LogP contribution in [0.25, 0.3) is 10.2 Å². The number of thioether (sulfide) groups is 1. The van der Waals surface area contributed by atoms with Gasteiger partial charge in [-0.25, -0.2) is 9.97 Å². The van der Waals surface area contributed by atoms with Gasteiger partial charge in [0, 0.05) is 30.0 Å². The summed E-state index contributed by atoms with van der Waals surface area (Å²) in [7, 11) is 0. The van der Waals surface area contributed by atoms with Crippen LogP contribution < -0.4 is 4.90 Å². The zero-order valence-electron chi connectivity index (χ0n) is 13.7. The van der Waals surface area contributed by atoms with Gasteiger partial charge in [-0.1, -0.05) is 11.8 Å². The summed E-state index contributed by atoms with van der Waals surface area (Å²) in [5.74, 6) is 1.07. The van der Waals surface area contributed by atoms with E-state index in [0.29, 0.717) is 6.61 Å². The van der Waals surface area contributed by atoms with Crippen LogP contribution in [0, 0.1) is 0 Å². The summed E-state index contributed by atoms with van der Waals surface area (Å²) < 4.78 is 12.7. The van der Waals surface area contributed by atoms with Gasteiger partial charge < -0.3 is 14.4 Å². The van der Waals surface area contributed by atoms with Crippen LogP contribution in [0.3, 0.4) is 0 Å². The first-order valence-corrected chi connectivity index (χ1v) is 9.94. The van der Waals surface area contributed by atoms with Gasteiger partial charge in [0.2, 0.25) is 0 Å². The quantitative estimate of drug-likeness (QED) is 0.612. The number of rotatable bonds is 2. The van der Waals surface area contributed by atoms with E-state index >= 15 is 0 Å². The maximum absolute atomic E-state index is 6.02. The fourth-order valence-electron chi connectivity index (χ4n) is 3.11. The second kappa shape index (κ2) is 5.88. The smallest absolute Gasteiger partial charge is 0.189 e. The van der Waals surface area contributed by atoms with Crippen molar-refractivity contribution < 1.29 is 9.47 Å². The summed E-state index contributed by atoms with van der Waals surface area (Å²) in [6.07, 6.45) is 2.98. The summed E-state index contributed by atoms with van der Waals surface area (Å²) in [6.45, 7) is 8.28. The monoisotopic (exact) mass is 351 g/mol. The molecular formula is C16H21N3O2S2. The molecule has 0 atom stereocenters. The molecular weight excluding hydrogens is 330 g/mol. The van der Waals surface area contributed by atoms with Gasteiger partial charge in [0.05, 0.1) is 35.6 Å². The molecule has 0 aliphatic carbocycles. The minimum atomic E-state index is -0.0945. The first kappa shape index (κ1) is 15.6. The number of fused-ring (bicyclic) bond motifs is 3. The van der Waals surface area contributed by atoms with Crippen LogP contribution in [0.2, 0.25) is 0 Å². The highest BCUT2D eigenvalue weighted by Crippen LogP contribution is 2.42. The van der Waals surface area contributed by atoms with Gasteiger partial charge in [-0.15, -0.1) is 11.3 Å². The Labute approximate surface area is 144 Å². The molecule has 0 radical (unpaired) electrons. The maximum atomic E-state index is 6.02. The number of hydrogen-bond acceptors (Lipinski definition) is 7. The van der Waals surface area contributed by atoms with Gasteiger partial charge in [0.15, 0.2) is 11.0 Å². The Hall–Kier alpha value is -0.890. The zero-order valence-corrected chi connectivity index (χ0v) is 15.4. The molecule has 2 aliphatic rings. The van der Waals surface area contributed by atoms with Crippen molar-refractivity contribution >= 4 is 39.1 Å². The fraction of sp³-hybridized carbons (Fsp3) is 0.625. The van der Waals surface area contributed by atoms with Crippen LogP contribution in [0.1, 0.15) is 24.3 Å². The normalized spacial score (nSPS) is 20.7. The molecule has 0 aromatic carbocycles. The highest BCUT2D eigenvalue weighted by atomic mass is 32.2. The molecule has 5 nitrogen and oxygen atoms in total. The Morgan fingerprint density at radius 3 is 2.74 bits per heavy atom. The average Bonchev–Trinajstić information content (AvgIpc) is 2.90. The number of aromatic nitrogens is 2. The second-order valence-electron chi connectivity index (χ2n) is 6.54. The molecule has 0 saturated carbocycles. The predicted octanol–water partition coefficient (Wildman–Crippen LogP) is 3.10. The molecule has 0 bridgehead atoms. The third kappa shape index (κ3) is 2.84. The van der Waals surface area contributed by atoms with Gasteiger partial charge in [-0.2, -0.15) is 0 Å². The molecule has 0 N–H and O–H groups in total. The number of anilines is 1. The van der Waals surface area contributed by atoms with E-state index in [2.05, 4.69) is 18.7 Å². The zero-order chi connectivity index (χ0) is 16.0. The lowest BCUT2D eigenvalue weighted by Crippen LogP contribution is -2.36. The highest BCUT2D eigenvalue weighted by molar-refractivity contribution is 7.98. The van der Waals surface area contributed by atoms with Gasteiger partial charge in [-0.3, -0.25) is 0 Å². The SMILES string of the molecule is CSc1nc(N2CCOCC2)c2sc3c(c2n1)COC(C)(C)C3. The lowest BCUT2D eigenvalue weighted by molar-refractivity contribution is -0.0383. The molecule has 2 aromatic rings. The third-order valence-corrected chi connectivity index (χ3v) is 6.13. The summed E-state index contributed by atoms with van der Waals surface area (Å²) in [4.78, 5) is 13.3. The van der Waals surface area contributed by atoms with E-state index in [4.69, 9.17) is 19.4 Å². The molecule has 4 heterocycles. The molecule has 2 aromatic heterocycles. The van der Waals surface area contributed by atoms with Crippen molar-refractivity contribution in [1.82, 2.24) is 9.97 Å².